The van der Waals surface area contributed by atoms with Crippen molar-refractivity contribution in [1.82, 2.24) is 0 Å². The zero-order valence-corrected chi connectivity index (χ0v) is 6.16. The van der Waals surface area contributed by atoms with Gasteiger partial charge in [0.1, 0.15) is 5.68 Å². The van der Waals surface area contributed by atoms with Gasteiger partial charge in [-0.25, -0.2) is 0 Å². The summed E-state index contributed by atoms with van der Waals surface area (Å²) in [5.41, 5.74) is 1.10. The molecular weight excluding hydrogens is 137 g/mol. The molecule has 1 rings (SSSR count). The summed E-state index contributed by atoms with van der Waals surface area (Å²) >= 11 is 0. The fourth-order valence-electron chi connectivity index (χ4n) is 0.808. The first-order valence-electron chi connectivity index (χ1n) is 3.25. The van der Waals surface area contributed by atoms with Crippen molar-refractivity contribution in [2.75, 3.05) is 0 Å². The molecule has 0 fully saturated rings. The van der Waals surface area contributed by atoms with Crippen LogP contribution in [0.3, 0.4) is 0 Å². The van der Waals surface area contributed by atoms with Crippen molar-refractivity contribution in [3.8, 4) is 6.07 Å². The SMILES string of the molecule is BC(=O)c1cccc(C#N)c1. The molecule has 0 amide bonds. The Bertz CT molecular complexity index is 327. The molecule has 0 aliphatic heterocycles. The first-order chi connectivity index (χ1) is 5.24. The van der Waals surface area contributed by atoms with E-state index in [1.165, 1.54) is 7.85 Å². The number of carbonyl (C=O) groups is 1. The number of nitriles is 1. The van der Waals surface area contributed by atoms with E-state index in [0.717, 1.165) is 0 Å². The summed E-state index contributed by atoms with van der Waals surface area (Å²) in [6.07, 6.45) is 0. The van der Waals surface area contributed by atoms with Crippen molar-refractivity contribution in [3.63, 3.8) is 0 Å². The van der Waals surface area contributed by atoms with Crippen LogP contribution >= 0.6 is 0 Å². The van der Waals surface area contributed by atoms with Crippen molar-refractivity contribution in [2.24, 2.45) is 0 Å². The van der Waals surface area contributed by atoms with E-state index in [1.54, 1.807) is 24.3 Å². The van der Waals surface area contributed by atoms with E-state index < -0.39 is 0 Å². The van der Waals surface area contributed by atoms with Gasteiger partial charge in [-0.1, -0.05) is 12.1 Å². The van der Waals surface area contributed by atoms with Gasteiger partial charge in [-0.2, -0.15) is 5.26 Å². The molecule has 1 aromatic rings. The Morgan fingerprint density at radius 2 is 2.27 bits per heavy atom. The maximum atomic E-state index is 10.8. The Labute approximate surface area is 65.9 Å². The van der Waals surface area contributed by atoms with Gasteiger partial charge in [0.05, 0.1) is 11.6 Å². The second kappa shape index (κ2) is 3.02. The number of hydrogen-bond donors (Lipinski definition) is 0. The monoisotopic (exact) mass is 143 g/mol. The highest BCUT2D eigenvalue weighted by atomic mass is 16.1. The molecule has 0 unspecified atom stereocenters. The predicted molar refractivity (Wildman–Crippen MR) is 44.0 cm³/mol. The number of rotatable bonds is 1. The van der Waals surface area contributed by atoms with Crippen LogP contribution in [0.1, 0.15) is 15.9 Å². The second-order valence-corrected chi connectivity index (χ2v) is 2.25. The van der Waals surface area contributed by atoms with E-state index in [0.29, 0.717) is 11.1 Å². The standard InChI is InChI=1S/C8H6BNO/c9-8(11)7-3-1-2-6(4-7)5-10/h1-4H,9H2. The van der Waals surface area contributed by atoms with Gasteiger partial charge in [-0.15, -0.1) is 0 Å². The zero-order valence-electron chi connectivity index (χ0n) is 6.16. The molecule has 1 aromatic carbocycles. The molecule has 0 N–H and O–H groups in total. The highest BCUT2D eigenvalue weighted by Gasteiger charge is 1.97. The van der Waals surface area contributed by atoms with E-state index in [2.05, 4.69) is 0 Å². The predicted octanol–water partition coefficient (Wildman–Crippen LogP) is 0.332. The molecule has 0 atom stereocenters. The molecule has 0 saturated carbocycles. The minimum absolute atomic E-state index is 0.0119. The Morgan fingerprint density at radius 1 is 1.55 bits per heavy atom. The van der Waals surface area contributed by atoms with E-state index >= 15 is 0 Å². The van der Waals surface area contributed by atoms with Crippen molar-refractivity contribution in [1.29, 1.82) is 5.26 Å². The Morgan fingerprint density at radius 3 is 2.82 bits per heavy atom. The van der Waals surface area contributed by atoms with Gasteiger partial charge in [-0.05, 0) is 12.1 Å². The quantitative estimate of drug-likeness (QED) is 0.531. The highest BCUT2D eigenvalue weighted by Crippen LogP contribution is 2.02. The number of nitrogens with zero attached hydrogens (tertiary/aromatic N) is 1. The van der Waals surface area contributed by atoms with Gasteiger partial charge >= 0.3 is 0 Å². The Kier molecular flexibility index (Phi) is 2.07. The van der Waals surface area contributed by atoms with Crippen molar-refractivity contribution >= 4 is 13.5 Å². The van der Waals surface area contributed by atoms with Crippen molar-refractivity contribution in [2.45, 2.75) is 0 Å². The second-order valence-electron chi connectivity index (χ2n) is 2.25. The van der Waals surface area contributed by atoms with E-state index in [1.807, 2.05) is 6.07 Å². The Hall–Kier alpha value is -1.56. The molecule has 0 aromatic heterocycles. The molecule has 2 nitrogen and oxygen atoms in total. The maximum absolute atomic E-state index is 10.8. The molecule has 11 heavy (non-hydrogen) atoms. The first-order valence-corrected chi connectivity index (χ1v) is 3.25. The lowest BCUT2D eigenvalue weighted by molar-refractivity contribution is 0.108. The van der Waals surface area contributed by atoms with Crippen LogP contribution in [0.5, 0.6) is 0 Å². The lowest BCUT2D eigenvalue weighted by atomic mass is 9.94. The highest BCUT2D eigenvalue weighted by molar-refractivity contribution is 6.62. The van der Waals surface area contributed by atoms with Crippen LogP contribution < -0.4 is 0 Å². The lowest BCUT2D eigenvalue weighted by Gasteiger charge is -1.93. The van der Waals surface area contributed by atoms with Crippen LogP contribution in [0.25, 0.3) is 0 Å². The van der Waals surface area contributed by atoms with E-state index in [9.17, 15) is 4.79 Å². The molecule has 0 aliphatic carbocycles. The van der Waals surface area contributed by atoms with Gasteiger partial charge in [0.2, 0.25) is 0 Å². The molecule has 0 radical (unpaired) electrons. The summed E-state index contributed by atoms with van der Waals surface area (Å²) in [7, 11) is 1.48. The summed E-state index contributed by atoms with van der Waals surface area (Å²) in [6, 6.07) is 8.63. The van der Waals surface area contributed by atoms with Gasteiger partial charge in [0, 0.05) is 5.56 Å². The molecule has 0 saturated heterocycles. The summed E-state index contributed by atoms with van der Waals surface area (Å²) in [5.74, 6) is 0. The Balaban J connectivity index is 3.13. The van der Waals surface area contributed by atoms with Crippen LogP contribution in [0, 0.1) is 11.3 Å². The zero-order chi connectivity index (χ0) is 8.27. The van der Waals surface area contributed by atoms with Gasteiger partial charge < -0.3 is 4.79 Å². The average Bonchev–Trinajstić information content (AvgIpc) is 2.05. The van der Waals surface area contributed by atoms with Crippen LogP contribution in [-0.2, 0) is 0 Å². The third-order valence-electron chi connectivity index (χ3n) is 1.40. The third kappa shape index (κ3) is 1.68. The van der Waals surface area contributed by atoms with Gasteiger partial charge in [0.25, 0.3) is 0 Å². The number of hydrogen-bond acceptors (Lipinski definition) is 2. The van der Waals surface area contributed by atoms with Crippen molar-refractivity contribution < 1.29 is 4.79 Å². The molecule has 0 aliphatic rings. The number of benzene rings is 1. The minimum Gasteiger partial charge on any atom is -0.307 e. The molecule has 0 bridgehead atoms. The first kappa shape index (κ1) is 7.55. The minimum atomic E-state index is -0.0119. The molecule has 0 spiro atoms. The normalized spacial score (nSPS) is 8.64. The van der Waals surface area contributed by atoms with Crippen molar-refractivity contribution in [3.05, 3.63) is 35.4 Å². The fourth-order valence-corrected chi connectivity index (χ4v) is 0.808. The lowest BCUT2D eigenvalue weighted by Crippen LogP contribution is -1.96. The fraction of sp³-hybridized carbons (Fsp3) is 0. The summed E-state index contributed by atoms with van der Waals surface area (Å²) in [6.45, 7) is 0. The maximum Gasteiger partial charge on any atom is 0.193 e. The average molecular weight is 143 g/mol. The van der Waals surface area contributed by atoms with E-state index in [4.69, 9.17) is 5.26 Å². The summed E-state index contributed by atoms with van der Waals surface area (Å²) in [4.78, 5) is 10.8. The summed E-state index contributed by atoms with van der Waals surface area (Å²) < 4.78 is 0. The molecule has 0 heterocycles. The largest absolute Gasteiger partial charge is 0.307 e. The molecule has 52 valence electrons. The van der Waals surface area contributed by atoms with Crippen LogP contribution in [0.2, 0.25) is 0 Å². The molecule has 3 heteroatoms. The number of carbonyl (C=O) groups excluding carboxylic acids is 1. The van der Waals surface area contributed by atoms with Crippen LogP contribution in [0.15, 0.2) is 24.3 Å². The van der Waals surface area contributed by atoms with Crippen LogP contribution in [0.4, 0.5) is 0 Å². The topological polar surface area (TPSA) is 40.9 Å². The van der Waals surface area contributed by atoms with Gasteiger partial charge in [-0.3, -0.25) is 0 Å². The third-order valence-corrected chi connectivity index (χ3v) is 1.40. The smallest absolute Gasteiger partial charge is 0.193 e. The van der Waals surface area contributed by atoms with Gasteiger partial charge in [0.15, 0.2) is 7.85 Å². The summed E-state index contributed by atoms with van der Waals surface area (Å²) in [5, 5.41) is 8.48. The molecular formula is C8H6BNO. The van der Waals surface area contributed by atoms with E-state index in [-0.39, 0.29) is 5.68 Å². The van der Waals surface area contributed by atoms with Crippen LogP contribution in [-0.4, -0.2) is 13.5 Å².